The highest BCUT2D eigenvalue weighted by Crippen LogP contribution is 2.17. The molecule has 0 atom stereocenters. The van der Waals surface area contributed by atoms with Gasteiger partial charge < -0.3 is 9.88 Å². The van der Waals surface area contributed by atoms with Crippen molar-refractivity contribution >= 4 is 21.6 Å². The molecule has 0 bridgehead atoms. The summed E-state index contributed by atoms with van der Waals surface area (Å²) >= 11 is 0. The van der Waals surface area contributed by atoms with Gasteiger partial charge in [-0.05, 0) is 41.8 Å². The summed E-state index contributed by atoms with van der Waals surface area (Å²) in [5.41, 5.74) is 2.74. The van der Waals surface area contributed by atoms with Gasteiger partial charge in [0.15, 0.2) is 0 Å². The number of hydrogen-bond acceptors (Lipinski definition) is 4. The molecule has 2 aromatic carbocycles. The second kappa shape index (κ2) is 10.4. The fourth-order valence-electron chi connectivity index (χ4n) is 3.36. The van der Waals surface area contributed by atoms with Crippen LogP contribution in [0.1, 0.15) is 31.4 Å². The lowest BCUT2D eigenvalue weighted by molar-refractivity contribution is -0.116. The Bertz CT molecular complexity index is 1090. The van der Waals surface area contributed by atoms with E-state index in [1.165, 1.54) is 4.31 Å². The normalized spacial score (nSPS) is 11.6. The van der Waals surface area contributed by atoms with Crippen molar-refractivity contribution in [3.05, 3.63) is 78.4 Å². The summed E-state index contributed by atoms with van der Waals surface area (Å²) in [4.78, 5) is 16.7. The van der Waals surface area contributed by atoms with E-state index in [1.807, 2.05) is 48.9 Å². The van der Waals surface area contributed by atoms with Crippen molar-refractivity contribution in [2.24, 2.45) is 0 Å². The van der Waals surface area contributed by atoms with Crippen LogP contribution in [-0.4, -0.2) is 41.3 Å². The van der Waals surface area contributed by atoms with Crippen molar-refractivity contribution in [1.82, 2.24) is 13.9 Å². The van der Waals surface area contributed by atoms with Crippen LogP contribution in [0, 0.1) is 0 Å². The largest absolute Gasteiger partial charge is 0.333 e. The third-order valence-corrected chi connectivity index (χ3v) is 7.11. The fourth-order valence-corrected chi connectivity index (χ4v) is 4.82. The van der Waals surface area contributed by atoms with Crippen LogP contribution in [0.15, 0.2) is 72.1 Å². The van der Waals surface area contributed by atoms with E-state index in [9.17, 15) is 13.2 Å². The van der Waals surface area contributed by atoms with Crippen molar-refractivity contribution < 1.29 is 13.2 Å². The first-order valence-electron chi connectivity index (χ1n) is 10.4. The van der Waals surface area contributed by atoms with E-state index in [0.29, 0.717) is 32.5 Å². The Morgan fingerprint density at radius 1 is 1.06 bits per heavy atom. The number of hydrogen-bond donors (Lipinski definition) is 1. The summed E-state index contributed by atoms with van der Waals surface area (Å²) in [5, 5.41) is 2.93. The van der Waals surface area contributed by atoms with Gasteiger partial charge in [-0.2, -0.15) is 4.31 Å². The monoisotopic (exact) mass is 440 g/mol. The number of carbonyl (C=O) groups excluding carboxylic acids is 1. The molecule has 0 saturated carbocycles. The van der Waals surface area contributed by atoms with E-state index in [4.69, 9.17) is 0 Å². The predicted molar refractivity (Wildman–Crippen MR) is 121 cm³/mol. The molecule has 7 nitrogen and oxygen atoms in total. The molecule has 1 amide bonds. The zero-order valence-corrected chi connectivity index (χ0v) is 18.7. The Kier molecular flexibility index (Phi) is 7.59. The minimum absolute atomic E-state index is 0.0837. The number of aromatic nitrogens is 2. The molecule has 1 N–H and O–H groups in total. The number of sulfonamides is 1. The lowest BCUT2D eigenvalue weighted by Gasteiger charge is -2.18. The van der Waals surface area contributed by atoms with Crippen LogP contribution in [0.2, 0.25) is 0 Å². The van der Waals surface area contributed by atoms with Crippen LogP contribution in [0.5, 0.6) is 0 Å². The number of benzene rings is 2. The zero-order valence-electron chi connectivity index (χ0n) is 17.9. The maximum absolute atomic E-state index is 12.6. The highest BCUT2D eigenvalue weighted by molar-refractivity contribution is 7.89. The van der Waals surface area contributed by atoms with E-state index in [1.54, 1.807) is 36.8 Å². The SMILES string of the molecule is CCN(CC)S(=O)(=O)c1ccc(CCC(=O)Nc2cccc(Cn3ccnc3)c2)cc1. The molecule has 0 fully saturated rings. The van der Waals surface area contributed by atoms with Gasteiger partial charge in [0.1, 0.15) is 0 Å². The average Bonchev–Trinajstić information content (AvgIpc) is 3.26. The lowest BCUT2D eigenvalue weighted by atomic mass is 10.1. The van der Waals surface area contributed by atoms with Crippen LogP contribution < -0.4 is 5.32 Å². The van der Waals surface area contributed by atoms with Crippen LogP contribution in [-0.2, 0) is 27.8 Å². The summed E-state index contributed by atoms with van der Waals surface area (Å²) in [7, 11) is -3.46. The molecule has 3 rings (SSSR count). The molecule has 0 spiro atoms. The predicted octanol–water partition coefficient (Wildman–Crippen LogP) is 3.53. The highest BCUT2D eigenvalue weighted by Gasteiger charge is 2.21. The van der Waals surface area contributed by atoms with E-state index in [-0.39, 0.29) is 10.8 Å². The smallest absolute Gasteiger partial charge is 0.243 e. The quantitative estimate of drug-likeness (QED) is 0.523. The molecule has 31 heavy (non-hydrogen) atoms. The zero-order chi connectivity index (χ0) is 22.3. The first-order chi connectivity index (χ1) is 14.9. The number of imidazole rings is 1. The Balaban J connectivity index is 1.55. The van der Waals surface area contributed by atoms with Crippen molar-refractivity contribution in [3.63, 3.8) is 0 Å². The van der Waals surface area contributed by atoms with E-state index in [2.05, 4.69) is 10.3 Å². The van der Waals surface area contributed by atoms with Crippen molar-refractivity contribution in [2.75, 3.05) is 18.4 Å². The topological polar surface area (TPSA) is 84.3 Å². The minimum atomic E-state index is -3.46. The minimum Gasteiger partial charge on any atom is -0.333 e. The van der Waals surface area contributed by atoms with E-state index in [0.717, 1.165) is 16.8 Å². The van der Waals surface area contributed by atoms with Gasteiger partial charge >= 0.3 is 0 Å². The van der Waals surface area contributed by atoms with Crippen molar-refractivity contribution in [3.8, 4) is 0 Å². The maximum Gasteiger partial charge on any atom is 0.243 e. The second-order valence-electron chi connectivity index (χ2n) is 7.22. The molecule has 164 valence electrons. The summed E-state index contributed by atoms with van der Waals surface area (Å²) in [6.45, 7) is 5.20. The van der Waals surface area contributed by atoms with Gasteiger partial charge in [-0.15, -0.1) is 0 Å². The molecule has 1 heterocycles. The van der Waals surface area contributed by atoms with Crippen LogP contribution in [0.4, 0.5) is 5.69 Å². The van der Waals surface area contributed by atoms with Crippen LogP contribution in [0.3, 0.4) is 0 Å². The van der Waals surface area contributed by atoms with Gasteiger partial charge in [0, 0.05) is 44.1 Å². The van der Waals surface area contributed by atoms with Crippen LogP contribution >= 0.6 is 0 Å². The number of aryl methyl sites for hydroxylation is 1. The number of carbonyl (C=O) groups is 1. The van der Waals surface area contributed by atoms with E-state index >= 15 is 0 Å². The maximum atomic E-state index is 12.6. The summed E-state index contributed by atoms with van der Waals surface area (Å²) in [6, 6.07) is 14.5. The van der Waals surface area contributed by atoms with Crippen molar-refractivity contribution in [2.45, 2.75) is 38.1 Å². The number of nitrogens with zero attached hydrogens (tertiary/aromatic N) is 3. The Labute approximate surface area is 183 Å². The second-order valence-corrected chi connectivity index (χ2v) is 9.15. The number of rotatable bonds is 10. The first kappa shape index (κ1) is 22.7. The molecule has 3 aromatic rings. The van der Waals surface area contributed by atoms with Gasteiger partial charge in [0.2, 0.25) is 15.9 Å². The Morgan fingerprint density at radius 2 is 1.81 bits per heavy atom. The Morgan fingerprint density at radius 3 is 2.45 bits per heavy atom. The molecule has 0 aliphatic rings. The molecule has 0 aliphatic carbocycles. The van der Waals surface area contributed by atoms with Gasteiger partial charge in [-0.3, -0.25) is 4.79 Å². The third kappa shape index (κ3) is 6.02. The highest BCUT2D eigenvalue weighted by atomic mass is 32.2. The molecule has 0 aliphatic heterocycles. The number of amides is 1. The molecule has 1 aromatic heterocycles. The third-order valence-electron chi connectivity index (χ3n) is 5.04. The summed E-state index contributed by atoms with van der Waals surface area (Å²) in [6.07, 6.45) is 6.23. The molecule has 0 radical (unpaired) electrons. The lowest BCUT2D eigenvalue weighted by Crippen LogP contribution is -2.30. The first-order valence-corrected chi connectivity index (χ1v) is 11.8. The summed E-state index contributed by atoms with van der Waals surface area (Å²) in [5.74, 6) is -0.0837. The molecule has 0 unspecified atom stereocenters. The molecular formula is C23H28N4O3S. The molecular weight excluding hydrogens is 412 g/mol. The summed E-state index contributed by atoms with van der Waals surface area (Å²) < 4.78 is 28.5. The average molecular weight is 441 g/mol. The van der Waals surface area contributed by atoms with Crippen molar-refractivity contribution in [1.29, 1.82) is 0 Å². The number of anilines is 1. The van der Waals surface area contributed by atoms with E-state index < -0.39 is 10.0 Å². The Hall–Kier alpha value is -2.97. The van der Waals surface area contributed by atoms with Gasteiger partial charge in [0.05, 0.1) is 11.2 Å². The fraction of sp³-hybridized carbons (Fsp3) is 0.304. The molecule has 0 saturated heterocycles. The number of nitrogens with one attached hydrogen (secondary N) is 1. The van der Waals surface area contributed by atoms with Gasteiger partial charge in [0.25, 0.3) is 0 Å². The molecule has 8 heteroatoms. The van der Waals surface area contributed by atoms with Gasteiger partial charge in [-0.1, -0.05) is 38.1 Å². The van der Waals surface area contributed by atoms with Crippen LogP contribution in [0.25, 0.3) is 0 Å². The van der Waals surface area contributed by atoms with Gasteiger partial charge in [-0.25, -0.2) is 13.4 Å². The standard InChI is InChI=1S/C23H28N4O3S/c1-3-27(4-2)31(29,30)22-11-8-19(9-12-22)10-13-23(28)25-21-7-5-6-20(16-21)17-26-15-14-24-18-26/h5-9,11-12,14-16,18H,3-4,10,13,17H2,1-2H3,(H,25,28).